The van der Waals surface area contributed by atoms with E-state index in [9.17, 15) is 4.79 Å². The first-order chi connectivity index (χ1) is 16.5. The zero-order chi connectivity index (χ0) is 23.5. The van der Waals surface area contributed by atoms with Gasteiger partial charge in [-0.15, -0.1) is 37.2 Å². The molecule has 1 aliphatic heterocycles. The van der Waals surface area contributed by atoms with Crippen LogP contribution in [0.3, 0.4) is 0 Å². The molecule has 4 aromatic rings. The van der Waals surface area contributed by atoms with Gasteiger partial charge in [0.1, 0.15) is 0 Å². The van der Waals surface area contributed by atoms with Gasteiger partial charge < -0.3 is 9.47 Å². The van der Waals surface area contributed by atoms with Crippen LogP contribution in [0, 0.1) is 0 Å². The Balaban J connectivity index is 0.00000160. The van der Waals surface area contributed by atoms with Crippen molar-refractivity contribution in [3.05, 3.63) is 101 Å². The number of piperazine rings is 1. The number of carbonyl (C=O) groups excluding carboxylic acids is 1. The summed E-state index contributed by atoms with van der Waals surface area (Å²) < 4.78 is 2.10. The fourth-order valence-corrected chi connectivity index (χ4v) is 4.44. The Kier molecular flexibility index (Phi) is 11.7. The first-order valence-electron chi connectivity index (χ1n) is 11.0. The van der Waals surface area contributed by atoms with Crippen LogP contribution in [0.25, 0.3) is 11.3 Å². The van der Waals surface area contributed by atoms with Crippen LogP contribution in [0.2, 0.25) is 10.0 Å². The van der Waals surface area contributed by atoms with Crippen molar-refractivity contribution in [1.82, 2.24) is 19.4 Å². The van der Waals surface area contributed by atoms with Crippen molar-refractivity contribution in [2.24, 2.45) is 0 Å². The van der Waals surface area contributed by atoms with E-state index in [2.05, 4.69) is 25.5 Å². The summed E-state index contributed by atoms with van der Waals surface area (Å²) in [6.45, 7) is 3.09. The van der Waals surface area contributed by atoms with Crippen molar-refractivity contribution in [1.29, 1.82) is 0 Å². The third-order valence-electron chi connectivity index (χ3n) is 5.92. The molecule has 11 heteroatoms. The van der Waals surface area contributed by atoms with E-state index in [4.69, 9.17) is 23.2 Å². The molecule has 0 aliphatic carbocycles. The fraction of sp³-hybridized carbons (Fsp3) is 0.192. The molecule has 1 amide bonds. The first kappa shape index (κ1) is 30.9. The van der Waals surface area contributed by atoms with Gasteiger partial charge >= 0.3 is 0 Å². The van der Waals surface area contributed by atoms with Crippen LogP contribution in [0.4, 0.5) is 5.69 Å². The highest BCUT2D eigenvalue weighted by molar-refractivity contribution is 6.31. The third-order valence-corrected chi connectivity index (χ3v) is 6.41. The Hall–Kier alpha value is -2.32. The summed E-state index contributed by atoms with van der Waals surface area (Å²) in [6, 6.07) is 19.2. The summed E-state index contributed by atoms with van der Waals surface area (Å²) in [5.74, 6) is 0.0709. The topological polar surface area (TPSA) is 54.3 Å². The van der Waals surface area contributed by atoms with Crippen LogP contribution >= 0.6 is 60.4 Å². The number of pyridine rings is 1. The Labute approximate surface area is 244 Å². The van der Waals surface area contributed by atoms with Crippen LogP contribution < -0.4 is 4.90 Å². The van der Waals surface area contributed by atoms with Gasteiger partial charge in [0.2, 0.25) is 5.91 Å². The smallest absolute Gasteiger partial charge is 0.241 e. The summed E-state index contributed by atoms with van der Waals surface area (Å²) in [5, 5.41) is 1.34. The fourth-order valence-electron chi connectivity index (χ4n) is 4.13. The Morgan fingerprint density at radius 1 is 0.838 bits per heavy atom. The molecule has 0 N–H and O–H groups in total. The van der Waals surface area contributed by atoms with E-state index >= 15 is 0 Å². The highest BCUT2D eigenvalue weighted by Gasteiger charge is 2.25. The predicted molar refractivity (Wildman–Crippen MR) is 157 cm³/mol. The van der Waals surface area contributed by atoms with Gasteiger partial charge in [0.25, 0.3) is 0 Å². The lowest BCUT2D eigenvalue weighted by molar-refractivity contribution is -0.121. The van der Waals surface area contributed by atoms with Crippen molar-refractivity contribution in [2.75, 3.05) is 24.5 Å². The van der Waals surface area contributed by atoms with E-state index in [0.717, 1.165) is 34.7 Å². The molecular formula is C26H26Cl5N5O. The molecule has 0 spiro atoms. The molecule has 1 aliphatic rings. The monoisotopic (exact) mass is 599 g/mol. The zero-order valence-electron chi connectivity index (χ0n) is 19.7. The van der Waals surface area contributed by atoms with Crippen LogP contribution in [-0.2, 0) is 17.9 Å². The molecule has 2 aromatic carbocycles. The largest absolute Gasteiger partial charge is 0.329 e. The van der Waals surface area contributed by atoms with Gasteiger partial charge in [-0.2, -0.15) is 0 Å². The second kappa shape index (κ2) is 14.0. The molecule has 6 nitrogen and oxygen atoms in total. The number of hydrogen-bond acceptors (Lipinski definition) is 4. The number of hydrogen-bond donors (Lipinski definition) is 0. The van der Waals surface area contributed by atoms with E-state index in [-0.39, 0.29) is 43.1 Å². The van der Waals surface area contributed by atoms with Gasteiger partial charge in [-0.3, -0.25) is 14.7 Å². The maximum absolute atomic E-state index is 12.8. The molecule has 196 valence electrons. The average molecular weight is 602 g/mol. The van der Waals surface area contributed by atoms with Gasteiger partial charge in [0.05, 0.1) is 30.8 Å². The van der Waals surface area contributed by atoms with Crippen molar-refractivity contribution >= 4 is 72.0 Å². The average Bonchev–Trinajstić information content (AvgIpc) is 3.26. The maximum Gasteiger partial charge on any atom is 0.241 e. The highest BCUT2D eigenvalue weighted by Crippen LogP contribution is 2.23. The zero-order valence-corrected chi connectivity index (χ0v) is 23.6. The molecule has 0 saturated carbocycles. The van der Waals surface area contributed by atoms with Crippen molar-refractivity contribution in [3.8, 4) is 11.3 Å². The highest BCUT2D eigenvalue weighted by atomic mass is 35.5. The van der Waals surface area contributed by atoms with E-state index in [0.29, 0.717) is 36.2 Å². The van der Waals surface area contributed by atoms with E-state index < -0.39 is 0 Å². The number of aromatic nitrogens is 3. The van der Waals surface area contributed by atoms with Crippen LogP contribution in [-0.4, -0.2) is 45.0 Å². The van der Waals surface area contributed by atoms with E-state index in [1.807, 2.05) is 73.3 Å². The van der Waals surface area contributed by atoms with Gasteiger partial charge in [0.15, 0.2) is 0 Å². The number of imidazole rings is 1. The van der Waals surface area contributed by atoms with Gasteiger partial charge in [-0.1, -0.05) is 47.5 Å². The Morgan fingerprint density at radius 2 is 1.62 bits per heavy atom. The molecule has 1 saturated heterocycles. The molecule has 3 heterocycles. The van der Waals surface area contributed by atoms with Crippen molar-refractivity contribution < 1.29 is 4.79 Å². The second-order valence-corrected chi connectivity index (χ2v) is 9.18. The molecule has 0 unspecified atom stereocenters. The lowest BCUT2D eigenvalue weighted by Gasteiger charge is -2.34. The number of amides is 1. The van der Waals surface area contributed by atoms with Gasteiger partial charge in [-0.05, 0) is 42.0 Å². The minimum Gasteiger partial charge on any atom is -0.329 e. The normalized spacial score (nSPS) is 13.4. The molecule has 0 atom stereocenters. The number of benzene rings is 2. The first-order valence-corrected chi connectivity index (χ1v) is 11.8. The summed E-state index contributed by atoms with van der Waals surface area (Å²) in [6.07, 6.45) is 5.58. The van der Waals surface area contributed by atoms with Crippen LogP contribution in [0.1, 0.15) is 11.3 Å². The molecule has 1 fully saturated rings. The molecule has 0 bridgehead atoms. The minimum atomic E-state index is 0. The third kappa shape index (κ3) is 7.60. The molecule has 5 rings (SSSR count). The molecule has 0 radical (unpaired) electrons. The SMILES string of the molecule is Cl.Cl.Cl.O=C1CN(Cc2cncn2Cc2ccc(-c3ccc(Cl)cc3)nc2)CCN1c1cccc(Cl)c1. The summed E-state index contributed by atoms with van der Waals surface area (Å²) in [4.78, 5) is 25.7. The summed E-state index contributed by atoms with van der Waals surface area (Å²) in [7, 11) is 0. The lowest BCUT2D eigenvalue weighted by atomic mass is 10.1. The molecular weight excluding hydrogens is 576 g/mol. The summed E-state index contributed by atoms with van der Waals surface area (Å²) in [5.41, 5.74) is 4.92. The Bertz CT molecular complexity index is 1300. The van der Waals surface area contributed by atoms with Crippen LogP contribution in [0.15, 0.2) is 79.4 Å². The molecule has 37 heavy (non-hydrogen) atoms. The maximum atomic E-state index is 12.8. The lowest BCUT2D eigenvalue weighted by Crippen LogP contribution is -2.50. The number of carbonyl (C=O) groups is 1. The molecule has 2 aromatic heterocycles. The quantitative estimate of drug-likeness (QED) is 0.256. The second-order valence-electron chi connectivity index (χ2n) is 8.31. The number of rotatable bonds is 6. The number of halogens is 5. The number of nitrogens with zero attached hydrogens (tertiary/aromatic N) is 5. The minimum absolute atomic E-state index is 0. The van der Waals surface area contributed by atoms with Crippen molar-refractivity contribution in [3.63, 3.8) is 0 Å². The van der Waals surface area contributed by atoms with Gasteiger partial charge in [-0.25, -0.2) is 4.98 Å². The van der Waals surface area contributed by atoms with Crippen molar-refractivity contribution in [2.45, 2.75) is 13.1 Å². The Morgan fingerprint density at radius 3 is 2.30 bits per heavy atom. The number of anilines is 1. The van der Waals surface area contributed by atoms with Crippen LogP contribution in [0.5, 0.6) is 0 Å². The van der Waals surface area contributed by atoms with E-state index in [1.165, 1.54) is 0 Å². The van der Waals surface area contributed by atoms with Gasteiger partial charge in [0, 0.05) is 53.3 Å². The van der Waals surface area contributed by atoms with E-state index in [1.54, 1.807) is 4.90 Å². The standard InChI is InChI=1S/C26H23Cl2N5O.3ClH/c27-21-7-5-20(6-8-21)25-9-4-19(13-30-25)15-32-18-29-14-24(32)16-31-10-11-33(26(34)17-31)23-3-1-2-22(28)12-23;;;/h1-9,12-14,18H,10-11,15-17H2;3*1H. The predicted octanol–water partition coefficient (Wildman–Crippen LogP) is 6.41. The summed E-state index contributed by atoms with van der Waals surface area (Å²) >= 11 is 12.1.